The van der Waals surface area contributed by atoms with E-state index in [-0.39, 0.29) is 18.6 Å². The molecule has 19 heavy (non-hydrogen) atoms. The van der Waals surface area contributed by atoms with E-state index in [4.69, 9.17) is 0 Å². The maximum atomic E-state index is 12.7. The summed E-state index contributed by atoms with van der Waals surface area (Å²) in [5, 5.41) is 9.28. The quantitative estimate of drug-likeness (QED) is 0.849. The summed E-state index contributed by atoms with van der Waals surface area (Å²) in [5.41, 5.74) is 0. The van der Waals surface area contributed by atoms with E-state index in [0.29, 0.717) is 19.6 Å². The second-order valence-corrected chi connectivity index (χ2v) is 7.75. The van der Waals surface area contributed by atoms with Crippen LogP contribution in [0.2, 0.25) is 0 Å². The van der Waals surface area contributed by atoms with Crippen LogP contribution in [0.4, 0.5) is 0 Å². The van der Waals surface area contributed by atoms with E-state index in [2.05, 4.69) is 0 Å². The highest BCUT2D eigenvalue weighted by Crippen LogP contribution is 2.27. The molecule has 2 aliphatic heterocycles. The van der Waals surface area contributed by atoms with Crippen LogP contribution in [0.3, 0.4) is 0 Å². The second-order valence-electron chi connectivity index (χ2n) is 5.87. The van der Waals surface area contributed by atoms with Gasteiger partial charge in [-0.25, -0.2) is 0 Å². The fourth-order valence-corrected chi connectivity index (χ4v) is 5.01. The average molecular weight is 290 g/mol. The Balaban J connectivity index is 2.12. The monoisotopic (exact) mass is 290 g/mol. The maximum Gasteiger partial charge on any atom is 0.282 e. The summed E-state index contributed by atoms with van der Waals surface area (Å²) in [6.45, 7) is 3.82. The van der Waals surface area contributed by atoms with Crippen molar-refractivity contribution in [2.45, 2.75) is 51.5 Å². The Morgan fingerprint density at radius 1 is 1.11 bits per heavy atom. The molecule has 0 amide bonds. The molecule has 0 spiro atoms. The predicted octanol–water partition coefficient (Wildman–Crippen LogP) is 1.20. The van der Waals surface area contributed by atoms with Crippen LogP contribution in [0, 0.1) is 5.92 Å². The molecule has 2 atom stereocenters. The van der Waals surface area contributed by atoms with Gasteiger partial charge in [-0.1, -0.05) is 12.8 Å². The van der Waals surface area contributed by atoms with Gasteiger partial charge in [-0.3, -0.25) is 0 Å². The van der Waals surface area contributed by atoms with E-state index in [1.807, 2.05) is 6.92 Å². The highest BCUT2D eigenvalue weighted by molar-refractivity contribution is 7.86. The molecule has 2 rings (SSSR count). The molecule has 2 unspecified atom stereocenters. The first kappa shape index (κ1) is 15.2. The molecule has 0 aromatic rings. The highest BCUT2D eigenvalue weighted by atomic mass is 32.2. The predicted molar refractivity (Wildman–Crippen MR) is 74.9 cm³/mol. The molecule has 1 N–H and O–H groups in total. The van der Waals surface area contributed by atoms with Crippen LogP contribution >= 0.6 is 0 Å². The normalized spacial score (nSPS) is 32.1. The summed E-state index contributed by atoms with van der Waals surface area (Å²) in [6.07, 6.45) is 5.94. The molecule has 2 heterocycles. The lowest BCUT2D eigenvalue weighted by molar-refractivity contribution is 0.133. The van der Waals surface area contributed by atoms with E-state index in [1.54, 1.807) is 8.61 Å². The molecule has 0 aromatic carbocycles. The number of rotatable bonds is 3. The SMILES string of the molecule is CC1CCC(CO)CN1S(=O)(=O)N1CCCCCC1. The van der Waals surface area contributed by atoms with Crippen molar-refractivity contribution in [3.05, 3.63) is 0 Å². The lowest BCUT2D eigenvalue weighted by Crippen LogP contribution is -2.52. The number of aliphatic hydroxyl groups is 1. The third kappa shape index (κ3) is 3.48. The fourth-order valence-electron chi connectivity index (χ4n) is 3.04. The Kier molecular flexibility index (Phi) is 5.22. The van der Waals surface area contributed by atoms with Crippen molar-refractivity contribution in [2.75, 3.05) is 26.2 Å². The van der Waals surface area contributed by atoms with Gasteiger partial charge in [0, 0.05) is 32.3 Å². The lowest BCUT2D eigenvalue weighted by atomic mass is 9.96. The molecular weight excluding hydrogens is 264 g/mol. The summed E-state index contributed by atoms with van der Waals surface area (Å²) in [4.78, 5) is 0. The van der Waals surface area contributed by atoms with Gasteiger partial charge >= 0.3 is 0 Å². The van der Waals surface area contributed by atoms with Crippen molar-refractivity contribution in [1.82, 2.24) is 8.61 Å². The fraction of sp³-hybridized carbons (Fsp3) is 1.00. The van der Waals surface area contributed by atoms with Crippen LogP contribution in [0.5, 0.6) is 0 Å². The summed E-state index contributed by atoms with van der Waals surface area (Å²) in [6, 6.07) is 0.0519. The van der Waals surface area contributed by atoms with Crippen LogP contribution in [0.15, 0.2) is 0 Å². The molecule has 112 valence electrons. The van der Waals surface area contributed by atoms with Gasteiger partial charge in [0.05, 0.1) is 0 Å². The second kappa shape index (κ2) is 6.52. The van der Waals surface area contributed by atoms with Gasteiger partial charge in [0.15, 0.2) is 0 Å². The molecule has 0 saturated carbocycles. The Morgan fingerprint density at radius 3 is 2.32 bits per heavy atom. The number of piperidine rings is 1. The minimum Gasteiger partial charge on any atom is -0.396 e. The van der Waals surface area contributed by atoms with E-state index in [0.717, 1.165) is 38.5 Å². The van der Waals surface area contributed by atoms with Gasteiger partial charge in [-0.05, 0) is 38.5 Å². The number of aliphatic hydroxyl groups excluding tert-OH is 1. The highest BCUT2D eigenvalue weighted by Gasteiger charge is 2.37. The zero-order valence-corrected chi connectivity index (χ0v) is 12.6. The van der Waals surface area contributed by atoms with Gasteiger partial charge in [-0.15, -0.1) is 0 Å². The van der Waals surface area contributed by atoms with Crippen molar-refractivity contribution in [1.29, 1.82) is 0 Å². The summed E-state index contributed by atoms with van der Waals surface area (Å²) < 4.78 is 28.7. The van der Waals surface area contributed by atoms with Crippen molar-refractivity contribution >= 4 is 10.2 Å². The van der Waals surface area contributed by atoms with Crippen molar-refractivity contribution in [3.63, 3.8) is 0 Å². The first-order valence-electron chi connectivity index (χ1n) is 7.43. The standard InChI is InChI=1S/C13H26N2O3S/c1-12-6-7-13(11-16)10-15(12)19(17,18)14-8-4-2-3-5-9-14/h12-13,16H,2-11H2,1H3. The van der Waals surface area contributed by atoms with Crippen molar-refractivity contribution < 1.29 is 13.5 Å². The van der Waals surface area contributed by atoms with Crippen LogP contribution in [-0.2, 0) is 10.2 Å². The van der Waals surface area contributed by atoms with Gasteiger partial charge in [0.25, 0.3) is 10.2 Å². The van der Waals surface area contributed by atoms with Crippen LogP contribution in [0.25, 0.3) is 0 Å². The summed E-state index contributed by atoms with van der Waals surface area (Å²) >= 11 is 0. The minimum atomic E-state index is -3.35. The number of hydrogen-bond donors (Lipinski definition) is 1. The maximum absolute atomic E-state index is 12.7. The third-order valence-electron chi connectivity index (χ3n) is 4.37. The lowest BCUT2D eigenvalue weighted by Gasteiger charge is -2.39. The topological polar surface area (TPSA) is 60.9 Å². The van der Waals surface area contributed by atoms with Crippen molar-refractivity contribution in [3.8, 4) is 0 Å². The third-order valence-corrected chi connectivity index (χ3v) is 6.49. The number of nitrogens with zero attached hydrogens (tertiary/aromatic N) is 2. The molecule has 0 bridgehead atoms. The van der Waals surface area contributed by atoms with Crippen LogP contribution in [-0.4, -0.2) is 54.4 Å². The Morgan fingerprint density at radius 2 is 1.74 bits per heavy atom. The Labute approximate surface area is 116 Å². The summed E-state index contributed by atoms with van der Waals surface area (Å²) in [7, 11) is -3.35. The Hall–Kier alpha value is -0.170. The first-order chi connectivity index (χ1) is 9.05. The van der Waals surface area contributed by atoms with Gasteiger partial charge < -0.3 is 5.11 Å². The molecule has 2 fully saturated rings. The smallest absolute Gasteiger partial charge is 0.282 e. The zero-order chi connectivity index (χ0) is 13.9. The largest absolute Gasteiger partial charge is 0.396 e. The molecule has 6 heteroatoms. The molecule has 0 radical (unpaired) electrons. The van der Waals surface area contributed by atoms with Gasteiger partial charge in [-0.2, -0.15) is 17.0 Å². The average Bonchev–Trinajstić information content (AvgIpc) is 2.68. The molecule has 0 aromatic heterocycles. The first-order valence-corrected chi connectivity index (χ1v) is 8.83. The number of hydrogen-bond acceptors (Lipinski definition) is 3. The Bertz CT molecular complexity index is 377. The molecular formula is C13H26N2O3S. The van der Waals surface area contributed by atoms with Crippen LogP contribution < -0.4 is 0 Å². The van der Waals surface area contributed by atoms with E-state index in [1.165, 1.54) is 0 Å². The van der Waals surface area contributed by atoms with E-state index >= 15 is 0 Å². The summed E-state index contributed by atoms with van der Waals surface area (Å²) in [5.74, 6) is 0.0953. The molecule has 5 nitrogen and oxygen atoms in total. The van der Waals surface area contributed by atoms with Crippen LogP contribution in [0.1, 0.15) is 45.4 Å². The molecule has 2 saturated heterocycles. The van der Waals surface area contributed by atoms with Gasteiger partial charge in [0.2, 0.25) is 0 Å². The minimum absolute atomic E-state index is 0.0519. The van der Waals surface area contributed by atoms with Gasteiger partial charge in [0.1, 0.15) is 0 Å². The van der Waals surface area contributed by atoms with Crippen molar-refractivity contribution in [2.24, 2.45) is 5.92 Å². The zero-order valence-electron chi connectivity index (χ0n) is 11.8. The molecule has 0 aliphatic carbocycles. The van der Waals surface area contributed by atoms with E-state index in [9.17, 15) is 13.5 Å². The molecule has 2 aliphatic rings. The van der Waals surface area contributed by atoms with E-state index < -0.39 is 10.2 Å².